The van der Waals surface area contributed by atoms with E-state index in [1.54, 1.807) is 6.92 Å². The SMILES string of the molecule is C=CCC(=O)OOCC. The van der Waals surface area contributed by atoms with E-state index in [1.165, 1.54) is 6.08 Å². The lowest BCUT2D eigenvalue weighted by molar-refractivity contribution is -0.268. The van der Waals surface area contributed by atoms with Gasteiger partial charge in [-0.15, -0.1) is 6.58 Å². The van der Waals surface area contributed by atoms with Crippen molar-refractivity contribution >= 4 is 5.97 Å². The Labute approximate surface area is 54.2 Å². The van der Waals surface area contributed by atoms with Crippen LogP contribution in [0.2, 0.25) is 0 Å². The maximum Gasteiger partial charge on any atom is 0.346 e. The van der Waals surface area contributed by atoms with Crippen LogP contribution in [0, 0.1) is 0 Å². The van der Waals surface area contributed by atoms with Gasteiger partial charge in [0.15, 0.2) is 0 Å². The Morgan fingerprint density at radius 1 is 1.78 bits per heavy atom. The van der Waals surface area contributed by atoms with Gasteiger partial charge in [-0.05, 0) is 6.92 Å². The summed E-state index contributed by atoms with van der Waals surface area (Å²) in [5.74, 6) is -0.410. The van der Waals surface area contributed by atoms with E-state index in [0.29, 0.717) is 6.61 Å². The number of hydrogen-bond donors (Lipinski definition) is 0. The largest absolute Gasteiger partial charge is 0.346 e. The first kappa shape index (κ1) is 8.17. The van der Waals surface area contributed by atoms with Crippen molar-refractivity contribution in [1.29, 1.82) is 0 Å². The van der Waals surface area contributed by atoms with E-state index in [1.807, 2.05) is 0 Å². The van der Waals surface area contributed by atoms with Crippen LogP contribution < -0.4 is 0 Å². The van der Waals surface area contributed by atoms with E-state index in [9.17, 15) is 4.79 Å². The first-order valence-electron chi connectivity index (χ1n) is 2.74. The van der Waals surface area contributed by atoms with Gasteiger partial charge >= 0.3 is 5.97 Å². The highest BCUT2D eigenvalue weighted by atomic mass is 17.2. The summed E-state index contributed by atoms with van der Waals surface area (Å²) in [6, 6.07) is 0. The van der Waals surface area contributed by atoms with E-state index in [4.69, 9.17) is 0 Å². The Hall–Kier alpha value is -0.830. The Bertz CT molecular complexity index is 98.5. The fraction of sp³-hybridized carbons (Fsp3) is 0.500. The third-order valence-electron chi connectivity index (χ3n) is 0.581. The molecular weight excluding hydrogens is 120 g/mol. The Balaban J connectivity index is 3.16. The van der Waals surface area contributed by atoms with Gasteiger partial charge in [-0.3, -0.25) is 4.89 Å². The van der Waals surface area contributed by atoms with Crippen molar-refractivity contribution in [1.82, 2.24) is 0 Å². The predicted molar refractivity (Wildman–Crippen MR) is 32.5 cm³/mol. The lowest BCUT2D eigenvalue weighted by Gasteiger charge is -1.96. The standard InChI is InChI=1S/C6H10O3/c1-3-5-6(7)9-8-4-2/h3H,1,4-5H2,2H3. The zero-order valence-electron chi connectivity index (χ0n) is 5.42. The number of rotatable bonds is 4. The molecule has 3 nitrogen and oxygen atoms in total. The summed E-state index contributed by atoms with van der Waals surface area (Å²) < 4.78 is 0. The summed E-state index contributed by atoms with van der Waals surface area (Å²) in [5, 5.41) is 0. The van der Waals surface area contributed by atoms with Crippen LogP contribution in [0.15, 0.2) is 12.7 Å². The molecule has 9 heavy (non-hydrogen) atoms. The average Bonchev–Trinajstić information content (AvgIpc) is 1.85. The monoisotopic (exact) mass is 130 g/mol. The van der Waals surface area contributed by atoms with Gasteiger partial charge in [0.2, 0.25) is 0 Å². The minimum absolute atomic E-state index is 0.194. The van der Waals surface area contributed by atoms with Crippen LogP contribution in [-0.2, 0) is 14.6 Å². The molecule has 0 aromatic rings. The van der Waals surface area contributed by atoms with Crippen LogP contribution >= 0.6 is 0 Å². The van der Waals surface area contributed by atoms with Crippen molar-refractivity contribution in [3.8, 4) is 0 Å². The second kappa shape index (κ2) is 5.31. The predicted octanol–water partition coefficient (Wildman–Crippen LogP) is 1.06. The first-order valence-corrected chi connectivity index (χ1v) is 2.74. The van der Waals surface area contributed by atoms with Crippen LogP contribution in [0.5, 0.6) is 0 Å². The summed E-state index contributed by atoms with van der Waals surface area (Å²) in [5.41, 5.74) is 0. The zero-order chi connectivity index (χ0) is 7.11. The van der Waals surface area contributed by atoms with Crippen molar-refractivity contribution < 1.29 is 14.6 Å². The molecule has 0 spiro atoms. The molecule has 0 rings (SSSR count). The molecule has 3 heteroatoms. The van der Waals surface area contributed by atoms with Crippen molar-refractivity contribution in [2.45, 2.75) is 13.3 Å². The van der Waals surface area contributed by atoms with Crippen molar-refractivity contribution in [3.05, 3.63) is 12.7 Å². The Morgan fingerprint density at radius 2 is 2.44 bits per heavy atom. The molecule has 0 radical (unpaired) electrons. The molecule has 0 unspecified atom stereocenters. The molecule has 0 aliphatic heterocycles. The van der Waals surface area contributed by atoms with Gasteiger partial charge in [-0.25, -0.2) is 4.79 Å². The lowest BCUT2D eigenvalue weighted by atomic mass is 10.4. The van der Waals surface area contributed by atoms with E-state index in [2.05, 4.69) is 16.4 Å². The van der Waals surface area contributed by atoms with Gasteiger partial charge in [-0.2, -0.15) is 4.89 Å². The second-order valence-electron chi connectivity index (χ2n) is 1.35. The van der Waals surface area contributed by atoms with E-state index in [-0.39, 0.29) is 6.42 Å². The molecular formula is C6H10O3. The molecule has 0 atom stereocenters. The summed E-state index contributed by atoms with van der Waals surface area (Å²) in [6.07, 6.45) is 1.65. The fourth-order valence-corrected chi connectivity index (χ4v) is 0.277. The highest BCUT2D eigenvalue weighted by Crippen LogP contribution is 1.86. The van der Waals surface area contributed by atoms with E-state index < -0.39 is 5.97 Å². The first-order chi connectivity index (χ1) is 4.31. The molecule has 0 aliphatic carbocycles. The normalized spacial score (nSPS) is 8.56. The second-order valence-corrected chi connectivity index (χ2v) is 1.35. The molecule has 0 saturated carbocycles. The van der Waals surface area contributed by atoms with E-state index >= 15 is 0 Å². The topological polar surface area (TPSA) is 35.5 Å². The molecule has 0 N–H and O–H groups in total. The van der Waals surface area contributed by atoms with Gasteiger partial charge in [0.05, 0.1) is 13.0 Å². The molecule has 0 amide bonds. The number of carbonyl (C=O) groups is 1. The quantitative estimate of drug-likeness (QED) is 0.324. The van der Waals surface area contributed by atoms with Crippen molar-refractivity contribution in [2.24, 2.45) is 0 Å². The highest BCUT2D eigenvalue weighted by molar-refractivity contribution is 5.70. The summed E-state index contributed by atoms with van der Waals surface area (Å²) in [7, 11) is 0. The van der Waals surface area contributed by atoms with Gasteiger partial charge in [-0.1, -0.05) is 6.08 Å². The molecule has 0 fully saturated rings. The van der Waals surface area contributed by atoms with Gasteiger partial charge < -0.3 is 0 Å². The summed E-state index contributed by atoms with van der Waals surface area (Å²) in [6.45, 7) is 5.47. The van der Waals surface area contributed by atoms with Crippen LogP contribution in [-0.4, -0.2) is 12.6 Å². The molecule has 52 valence electrons. The van der Waals surface area contributed by atoms with E-state index in [0.717, 1.165) is 0 Å². The minimum atomic E-state index is -0.410. The van der Waals surface area contributed by atoms with Gasteiger partial charge in [0, 0.05) is 0 Å². The zero-order valence-corrected chi connectivity index (χ0v) is 5.42. The van der Waals surface area contributed by atoms with Crippen LogP contribution in [0.3, 0.4) is 0 Å². The highest BCUT2D eigenvalue weighted by Gasteiger charge is 1.97. The number of hydrogen-bond acceptors (Lipinski definition) is 3. The average molecular weight is 130 g/mol. The number of carbonyl (C=O) groups excluding carboxylic acids is 1. The minimum Gasteiger partial charge on any atom is -0.298 e. The molecule has 0 heterocycles. The van der Waals surface area contributed by atoms with Crippen molar-refractivity contribution in [2.75, 3.05) is 6.61 Å². The maximum absolute atomic E-state index is 10.4. The lowest BCUT2D eigenvalue weighted by Crippen LogP contribution is -2.02. The molecule has 0 bridgehead atoms. The summed E-state index contributed by atoms with van der Waals surface area (Å²) >= 11 is 0. The van der Waals surface area contributed by atoms with Crippen LogP contribution in [0.1, 0.15) is 13.3 Å². The molecule has 0 saturated heterocycles. The smallest absolute Gasteiger partial charge is 0.298 e. The third kappa shape index (κ3) is 5.03. The maximum atomic E-state index is 10.4. The summed E-state index contributed by atoms with van der Waals surface area (Å²) in [4.78, 5) is 19.0. The Morgan fingerprint density at radius 3 is 2.89 bits per heavy atom. The van der Waals surface area contributed by atoms with Gasteiger partial charge in [0.25, 0.3) is 0 Å². The van der Waals surface area contributed by atoms with Gasteiger partial charge in [0.1, 0.15) is 0 Å². The fourth-order valence-electron chi connectivity index (χ4n) is 0.277. The third-order valence-corrected chi connectivity index (χ3v) is 0.581. The Kier molecular flexibility index (Phi) is 4.82. The van der Waals surface area contributed by atoms with Crippen LogP contribution in [0.4, 0.5) is 0 Å². The molecule has 0 aromatic carbocycles. The molecule has 0 aliphatic rings. The molecule has 0 aromatic heterocycles. The van der Waals surface area contributed by atoms with Crippen molar-refractivity contribution in [3.63, 3.8) is 0 Å². The van der Waals surface area contributed by atoms with Crippen LogP contribution in [0.25, 0.3) is 0 Å².